The summed E-state index contributed by atoms with van der Waals surface area (Å²) in [4.78, 5) is 26.6. The number of rotatable bonds is 3. The number of carbonyl (C=O) groups excluding carboxylic acids is 1. The van der Waals surface area contributed by atoms with Crippen molar-refractivity contribution in [3.63, 3.8) is 0 Å². The summed E-state index contributed by atoms with van der Waals surface area (Å²) in [5, 5.41) is 13.9. The third-order valence-corrected chi connectivity index (χ3v) is 6.34. The number of H-pyrrole nitrogens is 1. The van der Waals surface area contributed by atoms with E-state index in [1.54, 1.807) is 11.4 Å². The fourth-order valence-electron chi connectivity index (χ4n) is 4.30. The summed E-state index contributed by atoms with van der Waals surface area (Å²) < 4.78 is 0.813. The lowest BCUT2D eigenvalue weighted by atomic mass is 9.82. The van der Waals surface area contributed by atoms with Gasteiger partial charge in [0, 0.05) is 11.4 Å². The van der Waals surface area contributed by atoms with E-state index in [0.29, 0.717) is 11.2 Å². The smallest absolute Gasteiger partial charge is 0.338 e. The molecule has 0 bridgehead atoms. The Morgan fingerprint density at radius 3 is 2.57 bits per heavy atom. The lowest BCUT2D eigenvalue weighted by Gasteiger charge is -2.23. The van der Waals surface area contributed by atoms with E-state index in [0.717, 1.165) is 29.4 Å². The number of fused-ring (bicyclic) bond motifs is 2. The zero-order valence-electron chi connectivity index (χ0n) is 12.8. The Bertz CT molecular complexity index is 749. The van der Waals surface area contributed by atoms with Crippen molar-refractivity contribution in [2.24, 2.45) is 11.8 Å². The van der Waals surface area contributed by atoms with Crippen molar-refractivity contribution in [2.75, 3.05) is 0 Å². The van der Waals surface area contributed by atoms with Crippen molar-refractivity contribution in [1.29, 1.82) is 0 Å². The van der Waals surface area contributed by atoms with Crippen molar-refractivity contribution < 1.29 is 14.7 Å². The molecule has 0 aromatic carbocycles. The molecule has 0 aliphatic heterocycles. The first-order valence-electron chi connectivity index (χ1n) is 8.26. The zero-order chi connectivity index (χ0) is 16.0. The lowest BCUT2D eigenvalue weighted by Crippen LogP contribution is -2.33. The highest BCUT2D eigenvalue weighted by Crippen LogP contribution is 2.42. The first-order valence-corrected chi connectivity index (χ1v) is 9.14. The summed E-state index contributed by atoms with van der Waals surface area (Å²) in [6.45, 7) is 0. The van der Waals surface area contributed by atoms with Gasteiger partial charge in [-0.3, -0.25) is 4.79 Å². The zero-order valence-corrected chi connectivity index (χ0v) is 13.6. The lowest BCUT2D eigenvalue weighted by molar-refractivity contribution is 0.0698. The molecule has 23 heavy (non-hydrogen) atoms. The quantitative estimate of drug-likeness (QED) is 0.803. The Morgan fingerprint density at radius 1 is 1.22 bits per heavy atom. The second kappa shape index (κ2) is 5.67. The molecule has 2 aliphatic carbocycles. The van der Waals surface area contributed by atoms with Crippen LogP contribution in [0.4, 0.5) is 0 Å². The third-order valence-electron chi connectivity index (χ3n) is 5.41. The molecule has 2 aromatic rings. The van der Waals surface area contributed by atoms with E-state index in [-0.39, 0.29) is 17.5 Å². The normalized spacial score (nSPS) is 27.0. The molecule has 5 nitrogen and oxygen atoms in total. The third kappa shape index (κ3) is 2.65. The van der Waals surface area contributed by atoms with Crippen LogP contribution < -0.4 is 5.32 Å². The molecule has 2 heterocycles. The van der Waals surface area contributed by atoms with Gasteiger partial charge in [0.15, 0.2) is 0 Å². The number of aromatic carboxylic acids is 1. The minimum atomic E-state index is -0.968. The highest BCUT2D eigenvalue weighted by atomic mass is 32.1. The van der Waals surface area contributed by atoms with Crippen molar-refractivity contribution in [1.82, 2.24) is 10.3 Å². The molecule has 0 saturated heterocycles. The van der Waals surface area contributed by atoms with Gasteiger partial charge >= 0.3 is 5.97 Å². The first kappa shape index (κ1) is 14.8. The molecule has 2 aliphatic rings. The molecule has 6 heteroatoms. The molecular weight excluding hydrogens is 312 g/mol. The molecule has 0 radical (unpaired) electrons. The minimum Gasteiger partial charge on any atom is -0.478 e. The van der Waals surface area contributed by atoms with Crippen molar-refractivity contribution in [2.45, 2.75) is 44.6 Å². The van der Waals surface area contributed by atoms with Crippen LogP contribution in [0.3, 0.4) is 0 Å². The summed E-state index contributed by atoms with van der Waals surface area (Å²) in [6, 6.07) is 2.01. The first-order chi connectivity index (χ1) is 11.1. The molecular formula is C17H20N2O3S. The van der Waals surface area contributed by atoms with Crippen molar-refractivity contribution >= 4 is 33.4 Å². The second-order valence-corrected chi connectivity index (χ2v) is 7.73. The van der Waals surface area contributed by atoms with Crippen LogP contribution in [0.5, 0.6) is 0 Å². The number of hydrogen-bond donors (Lipinski definition) is 3. The highest BCUT2D eigenvalue weighted by molar-refractivity contribution is 7.17. The number of aromatic amines is 1. The number of carboxylic acid groups (broad SMARTS) is 1. The number of nitrogens with one attached hydrogen (secondary N) is 2. The summed E-state index contributed by atoms with van der Waals surface area (Å²) >= 11 is 1.35. The van der Waals surface area contributed by atoms with E-state index in [1.165, 1.54) is 37.0 Å². The Balaban J connectivity index is 1.48. The van der Waals surface area contributed by atoms with Gasteiger partial charge in [0.25, 0.3) is 5.91 Å². The highest BCUT2D eigenvalue weighted by Gasteiger charge is 2.36. The standard InChI is InChI=1S/C17H20N2O3S/c20-16(18-11-5-9-3-1-2-4-10(9)6-11)13-7-14-15(19-13)12(8-23-14)17(21)22/h7-11,19H,1-6H2,(H,18,20)(H,21,22)/t9-,10+,11?. The Labute approximate surface area is 138 Å². The number of aromatic nitrogens is 1. The molecule has 1 unspecified atom stereocenters. The number of amides is 1. The molecule has 2 fully saturated rings. The maximum atomic E-state index is 12.5. The van der Waals surface area contributed by atoms with E-state index in [1.807, 2.05) is 0 Å². The fourth-order valence-corrected chi connectivity index (χ4v) is 5.23. The molecule has 0 spiro atoms. The largest absolute Gasteiger partial charge is 0.478 e. The van der Waals surface area contributed by atoms with Gasteiger partial charge in [0.1, 0.15) is 5.69 Å². The predicted molar refractivity (Wildman–Crippen MR) is 89.1 cm³/mol. The molecule has 122 valence electrons. The molecule has 4 rings (SSSR count). The number of carboxylic acids is 1. The Morgan fingerprint density at radius 2 is 1.91 bits per heavy atom. The Kier molecular flexibility index (Phi) is 3.64. The number of hydrogen-bond acceptors (Lipinski definition) is 3. The van der Waals surface area contributed by atoms with Crippen LogP contribution in [0, 0.1) is 11.8 Å². The van der Waals surface area contributed by atoms with Crippen LogP contribution in [0.1, 0.15) is 59.4 Å². The second-order valence-electron chi connectivity index (χ2n) is 6.82. The SMILES string of the molecule is O=C(NC1C[C@H]2CCCC[C@H]2C1)c1cc2scc(C(=O)O)c2[nH]1. The van der Waals surface area contributed by atoms with Gasteiger partial charge in [-0.05, 0) is 30.7 Å². The summed E-state index contributed by atoms with van der Waals surface area (Å²) in [5.41, 5.74) is 1.24. The predicted octanol–water partition coefficient (Wildman–Crippen LogP) is 3.63. The van der Waals surface area contributed by atoms with Gasteiger partial charge < -0.3 is 15.4 Å². The van der Waals surface area contributed by atoms with E-state index in [2.05, 4.69) is 10.3 Å². The van der Waals surface area contributed by atoms with Gasteiger partial charge in [-0.1, -0.05) is 25.7 Å². The van der Waals surface area contributed by atoms with Crippen molar-refractivity contribution in [3.8, 4) is 0 Å². The van der Waals surface area contributed by atoms with Crippen LogP contribution in [-0.2, 0) is 0 Å². The summed E-state index contributed by atoms with van der Waals surface area (Å²) in [7, 11) is 0. The van der Waals surface area contributed by atoms with Gasteiger partial charge in [-0.15, -0.1) is 11.3 Å². The summed E-state index contributed by atoms with van der Waals surface area (Å²) in [5.74, 6) is 0.470. The topological polar surface area (TPSA) is 82.2 Å². The molecule has 2 saturated carbocycles. The molecule has 3 N–H and O–H groups in total. The van der Waals surface area contributed by atoms with E-state index >= 15 is 0 Å². The van der Waals surface area contributed by atoms with Crippen LogP contribution in [0.15, 0.2) is 11.4 Å². The van der Waals surface area contributed by atoms with E-state index in [4.69, 9.17) is 5.11 Å². The molecule has 3 atom stereocenters. The average molecular weight is 332 g/mol. The van der Waals surface area contributed by atoms with Gasteiger partial charge in [-0.2, -0.15) is 0 Å². The summed E-state index contributed by atoms with van der Waals surface area (Å²) in [6.07, 6.45) is 7.44. The van der Waals surface area contributed by atoms with Crippen molar-refractivity contribution in [3.05, 3.63) is 22.7 Å². The Hall–Kier alpha value is -1.82. The monoisotopic (exact) mass is 332 g/mol. The molecule has 2 aromatic heterocycles. The van der Waals surface area contributed by atoms with Crippen LogP contribution in [-0.4, -0.2) is 28.0 Å². The average Bonchev–Trinajstić information content (AvgIpc) is 3.19. The van der Waals surface area contributed by atoms with Crippen LogP contribution in [0.2, 0.25) is 0 Å². The van der Waals surface area contributed by atoms with Crippen LogP contribution >= 0.6 is 11.3 Å². The molecule has 1 amide bonds. The van der Waals surface area contributed by atoms with Gasteiger partial charge in [0.05, 0.1) is 15.8 Å². The number of carbonyl (C=O) groups is 2. The fraction of sp³-hybridized carbons (Fsp3) is 0.529. The minimum absolute atomic E-state index is 0.117. The maximum absolute atomic E-state index is 12.5. The maximum Gasteiger partial charge on any atom is 0.338 e. The van der Waals surface area contributed by atoms with Crippen LogP contribution in [0.25, 0.3) is 10.2 Å². The van der Waals surface area contributed by atoms with Gasteiger partial charge in [-0.25, -0.2) is 4.79 Å². The van der Waals surface area contributed by atoms with Gasteiger partial charge in [0.2, 0.25) is 0 Å². The number of thiophene rings is 1. The van der Waals surface area contributed by atoms with E-state index < -0.39 is 5.97 Å². The van der Waals surface area contributed by atoms with E-state index in [9.17, 15) is 9.59 Å².